The second-order valence-corrected chi connectivity index (χ2v) is 7.05. The van der Waals surface area contributed by atoms with Gasteiger partial charge in [0.1, 0.15) is 0 Å². The van der Waals surface area contributed by atoms with Crippen molar-refractivity contribution in [3.8, 4) is 0 Å². The van der Waals surface area contributed by atoms with Crippen molar-refractivity contribution in [2.45, 2.75) is 12.8 Å². The van der Waals surface area contributed by atoms with Crippen molar-refractivity contribution in [1.29, 1.82) is 0 Å². The summed E-state index contributed by atoms with van der Waals surface area (Å²) in [5.74, 6) is -0.500. The van der Waals surface area contributed by atoms with Gasteiger partial charge in [0.2, 0.25) is 0 Å². The molecule has 28 heavy (non-hydrogen) atoms. The van der Waals surface area contributed by atoms with E-state index in [-0.39, 0.29) is 11.8 Å². The van der Waals surface area contributed by atoms with E-state index in [0.29, 0.717) is 28.4 Å². The Bertz CT molecular complexity index is 1050. The number of aryl methyl sites for hydroxylation is 1. The molecule has 0 saturated carbocycles. The number of aromatic nitrogens is 1. The van der Waals surface area contributed by atoms with E-state index >= 15 is 0 Å². The van der Waals surface area contributed by atoms with E-state index in [1.165, 1.54) is 12.4 Å². The predicted molar refractivity (Wildman–Crippen MR) is 110 cm³/mol. The van der Waals surface area contributed by atoms with Crippen LogP contribution in [0.3, 0.4) is 0 Å². The van der Waals surface area contributed by atoms with Crippen molar-refractivity contribution in [2.24, 2.45) is 0 Å². The number of anilines is 2. The molecule has 0 fully saturated rings. The molecule has 0 saturated heterocycles. The fourth-order valence-electron chi connectivity index (χ4n) is 3.35. The lowest BCUT2D eigenvalue weighted by molar-refractivity contribution is 0.0984. The van der Waals surface area contributed by atoms with Crippen LogP contribution in [0.2, 0.25) is 5.02 Å². The van der Waals surface area contributed by atoms with E-state index in [9.17, 15) is 9.59 Å². The smallest absolute Gasteiger partial charge is 0.259 e. The van der Waals surface area contributed by atoms with Crippen LogP contribution in [0, 0.1) is 0 Å². The van der Waals surface area contributed by atoms with E-state index in [2.05, 4.69) is 10.3 Å². The van der Waals surface area contributed by atoms with Crippen LogP contribution in [0.1, 0.15) is 32.7 Å². The maximum Gasteiger partial charge on any atom is 0.259 e. The molecule has 2 aromatic carbocycles. The third kappa shape index (κ3) is 3.75. The number of carbonyl (C=O) groups is 2. The first-order chi connectivity index (χ1) is 13.6. The van der Waals surface area contributed by atoms with Gasteiger partial charge >= 0.3 is 0 Å². The first-order valence-corrected chi connectivity index (χ1v) is 9.41. The number of rotatable bonds is 3. The molecule has 1 aliphatic heterocycles. The molecular formula is C22H18ClN3O2. The van der Waals surface area contributed by atoms with Crippen LogP contribution >= 0.6 is 11.6 Å². The molecule has 0 atom stereocenters. The van der Waals surface area contributed by atoms with E-state index in [1.807, 2.05) is 24.3 Å². The number of hydrogen-bond acceptors (Lipinski definition) is 3. The summed E-state index contributed by atoms with van der Waals surface area (Å²) < 4.78 is 0. The summed E-state index contributed by atoms with van der Waals surface area (Å²) in [6, 6.07) is 16.4. The number of carbonyl (C=O) groups excluding carboxylic acids is 2. The van der Waals surface area contributed by atoms with Gasteiger partial charge in [0.15, 0.2) is 0 Å². The number of benzene rings is 2. The van der Waals surface area contributed by atoms with Gasteiger partial charge in [0.05, 0.1) is 11.1 Å². The van der Waals surface area contributed by atoms with Gasteiger partial charge in [-0.05, 0) is 48.7 Å². The average molecular weight is 392 g/mol. The lowest BCUT2D eigenvalue weighted by atomic mass is 10.0. The standard InChI is InChI=1S/C22H18ClN3O2/c23-18-7-3-8-19(12-18)25-21(27)16-11-17(14-24-13-16)22(28)26-10-4-6-15-5-1-2-9-20(15)26/h1-3,5,7-9,11-14H,4,6,10H2,(H,25,27). The van der Waals surface area contributed by atoms with Crippen LogP contribution in [0.15, 0.2) is 67.0 Å². The van der Waals surface area contributed by atoms with Gasteiger partial charge in [0.25, 0.3) is 11.8 Å². The summed E-state index contributed by atoms with van der Waals surface area (Å²) in [6.45, 7) is 0.648. The second kappa shape index (κ2) is 7.82. The number of pyridine rings is 1. The van der Waals surface area contributed by atoms with Crippen molar-refractivity contribution in [1.82, 2.24) is 4.98 Å². The fourth-order valence-corrected chi connectivity index (χ4v) is 3.54. The molecule has 1 aliphatic rings. The number of nitrogens with zero attached hydrogens (tertiary/aromatic N) is 2. The van der Waals surface area contributed by atoms with Crippen molar-refractivity contribution >= 4 is 34.8 Å². The molecule has 0 radical (unpaired) electrons. The Balaban J connectivity index is 1.57. The molecule has 0 bridgehead atoms. The molecule has 0 spiro atoms. The highest BCUT2D eigenvalue weighted by molar-refractivity contribution is 6.31. The summed E-state index contributed by atoms with van der Waals surface area (Å²) in [6.07, 6.45) is 4.81. The van der Waals surface area contributed by atoms with Gasteiger partial charge in [-0.25, -0.2) is 0 Å². The van der Waals surface area contributed by atoms with Gasteiger partial charge in [-0.3, -0.25) is 14.6 Å². The van der Waals surface area contributed by atoms with Crippen molar-refractivity contribution < 1.29 is 9.59 Å². The lowest BCUT2D eigenvalue weighted by Crippen LogP contribution is -2.35. The number of para-hydroxylation sites is 1. The largest absolute Gasteiger partial charge is 0.322 e. The molecule has 140 valence electrons. The predicted octanol–water partition coefficient (Wildman–Crippen LogP) is 4.58. The molecular weight excluding hydrogens is 374 g/mol. The average Bonchev–Trinajstić information content (AvgIpc) is 2.73. The van der Waals surface area contributed by atoms with E-state index in [1.54, 1.807) is 35.2 Å². The molecule has 2 amide bonds. The highest BCUT2D eigenvalue weighted by Gasteiger charge is 2.24. The van der Waals surface area contributed by atoms with Crippen LogP contribution in [0.4, 0.5) is 11.4 Å². The van der Waals surface area contributed by atoms with Crippen LogP contribution in [-0.4, -0.2) is 23.3 Å². The SMILES string of the molecule is O=C(Nc1cccc(Cl)c1)c1cncc(C(=O)N2CCCc3ccccc32)c1. The third-order valence-corrected chi connectivity index (χ3v) is 4.92. The Hall–Kier alpha value is -3.18. The monoisotopic (exact) mass is 391 g/mol. The summed E-state index contributed by atoms with van der Waals surface area (Å²) in [7, 11) is 0. The quantitative estimate of drug-likeness (QED) is 0.710. The Morgan fingerprint density at radius 3 is 2.68 bits per heavy atom. The van der Waals surface area contributed by atoms with Gasteiger partial charge in [-0.1, -0.05) is 35.9 Å². The molecule has 4 rings (SSSR count). The normalized spacial score (nSPS) is 13.0. The molecule has 5 nitrogen and oxygen atoms in total. The highest BCUT2D eigenvalue weighted by Crippen LogP contribution is 2.28. The van der Waals surface area contributed by atoms with Gasteiger partial charge < -0.3 is 10.2 Å². The Kier molecular flexibility index (Phi) is 5.08. The number of nitrogens with one attached hydrogen (secondary N) is 1. The van der Waals surface area contributed by atoms with Crippen molar-refractivity contribution in [3.63, 3.8) is 0 Å². The van der Waals surface area contributed by atoms with Crippen LogP contribution in [0.25, 0.3) is 0 Å². The van der Waals surface area contributed by atoms with E-state index in [4.69, 9.17) is 11.6 Å². The zero-order valence-corrected chi connectivity index (χ0v) is 15.8. The minimum atomic E-state index is -0.344. The number of halogens is 1. The van der Waals surface area contributed by atoms with Gasteiger partial charge in [-0.15, -0.1) is 0 Å². The topological polar surface area (TPSA) is 62.3 Å². The summed E-state index contributed by atoms with van der Waals surface area (Å²) in [5.41, 5.74) is 3.36. The van der Waals surface area contributed by atoms with Crippen molar-refractivity contribution in [2.75, 3.05) is 16.8 Å². The summed E-state index contributed by atoms with van der Waals surface area (Å²) in [5, 5.41) is 3.30. The molecule has 0 unspecified atom stereocenters. The van der Waals surface area contributed by atoms with Gasteiger partial charge in [-0.2, -0.15) is 0 Å². The van der Waals surface area contributed by atoms with Crippen LogP contribution in [-0.2, 0) is 6.42 Å². The number of amides is 2. The number of fused-ring (bicyclic) bond motifs is 1. The molecule has 3 aromatic rings. The van der Waals surface area contributed by atoms with Crippen LogP contribution in [0.5, 0.6) is 0 Å². The summed E-state index contributed by atoms with van der Waals surface area (Å²) >= 11 is 5.95. The summed E-state index contributed by atoms with van der Waals surface area (Å²) in [4.78, 5) is 31.5. The molecule has 1 N–H and O–H groups in total. The Morgan fingerprint density at radius 2 is 1.82 bits per heavy atom. The first kappa shape index (κ1) is 18.2. The molecule has 1 aromatic heterocycles. The van der Waals surface area contributed by atoms with Crippen molar-refractivity contribution in [3.05, 3.63) is 88.7 Å². The zero-order chi connectivity index (χ0) is 19.5. The Labute approximate surface area is 168 Å². The van der Waals surface area contributed by atoms with E-state index < -0.39 is 0 Å². The highest BCUT2D eigenvalue weighted by atomic mass is 35.5. The number of hydrogen-bond donors (Lipinski definition) is 1. The minimum absolute atomic E-state index is 0.156. The first-order valence-electron chi connectivity index (χ1n) is 9.03. The zero-order valence-electron chi connectivity index (χ0n) is 15.1. The molecule has 2 heterocycles. The molecule has 0 aliphatic carbocycles. The maximum absolute atomic E-state index is 13.1. The van der Waals surface area contributed by atoms with Gasteiger partial charge in [0, 0.05) is 35.3 Å². The third-order valence-electron chi connectivity index (χ3n) is 4.69. The second-order valence-electron chi connectivity index (χ2n) is 6.62. The molecule has 6 heteroatoms. The van der Waals surface area contributed by atoms with Crippen LogP contribution < -0.4 is 10.2 Å². The maximum atomic E-state index is 13.1. The Morgan fingerprint density at radius 1 is 1.00 bits per heavy atom. The minimum Gasteiger partial charge on any atom is -0.322 e. The lowest BCUT2D eigenvalue weighted by Gasteiger charge is -2.29. The van der Waals surface area contributed by atoms with E-state index in [0.717, 1.165) is 24.1 Å². The fraction of sp³-hybridized carbons (Fsp3) is 0.136.